The fraction of sp³-hybridized carbons (Fsp3) is 0.667. The molecular weight excluding hydrogens is 156 g/mol. The maximum Gasteiger partial charge on any atom is 0.197 e. The Morgan fingerprint density at radius 1 is 1.33 bits per heavy atom. The zero-order valence-electron chi connectivity index (χ0n) is 6.97. The summed E-state index contributed by atoms with van der Waals surface area (Å²) in [5, 5.41) is 0. The van der Waals surface area contributed by atoms with Crippen molar-refractivity contribution in [3.8, 4) is 0 Å². The minimum absolute atomic E-state index is 0.0863. The molecule has 0 radical (unpaired) electrons. The van der Waals surface area contributed by atoms with Crippen LogP contribution in [0.1, 0.15) is 19.3 Å². The molecule has 66 valence electrons. The molecule has 0 aromatic rings. The van der Waals surface area contributed by atoms with Crippen molar-refractivity contribution >= 4 is 5.78 Å². The first-order valence-corrected chi connectivity index (χ1v) is 4.25. The average molecular weight is 168 g/mol. The Bertz CT molecular complexity index is 226. The van der Waals surface area contributed by atoms with E-state index >= 15 is 0 Å². The molecule has 3 nitrogen and oxygen atoms in total. The maximum absolute atomic E-state index is 11.3. The van der Waals surface area contributed by atoms with Gasteiger partial charge in [-0.2, -0.15) is 0 Å². The van der Waals surface area contributed by atoms with E-state index in [4.69, 9.17) is 9.47 Å². The highest BCUT2D eigenvalue weighted by Crippen LogP contribution is 2.36. The third-order valence-corrected chi connectivity index (χ3v) is 2.46. The smallest absolute Gasteiger partial charge is 0.197 e. The normalized spacial score (nSPS) is 28.3. The molecule has 0 amide bonds. The number of carbonyl (C=O) groups is 1. The highest BCUT2D eigenvalue weighted by atomic mass is 16.7. The second-order valence-electron chi connectivity index (χ2n) is 3.21. The van der Waals surface area contributed by atoms with Crippen molar-refractivity contribution in [1.82, 2.24) is 0 Å². The standard InChI is InChI=1S/C9H12O3/c1-7-8(10)3-2-4-9(7)11-5-6-12-9/h1-6H2. The van der Waals surface area contributed by atoms with Crippen LogP contribution in [0.5, 0.6) is 0 Å². The summed E-state index contributed by atoms with van der Waals surface area (Å²) in [5.41, 5.74) is 0.506. The van der Waals surface area contributed by atoms with Gasteiger partial charge in [-0.15, -0.1) is 0 Å². The lowest BCUT2D eigenvalue weighted by molar-refractivity contribution is -0.151. The molecule has 0 bridgehead atoms. The molecule has 0 aromatic carbocycles. The molecule has 1 saturated heterocycles. The van der Waals surface area contributed by atoms with Crippen molar-refractivity contribution in [2.75, 3.05) is 13.2 Å². The van der Waals surface area contributed by atoms with E-state index in [9.17, 15) is 4.79 Å². The lowest BCUT2D eigenvalue weighted by Gasteiger charge is -2.32. The minimum Gasteiger partial charge on any atom is -0.343 e. The molecule has 2 aliphatic rings. The van der Waals surface area contributed by atoms with E-state index in [1.54, 1.807) is 0 Å². The SMILES string of the molecule is C=C1C(=O)CCCC12OCCO2. The second-order valence-corrected chi connectivity index (χ2v) is 3.21. The van der Waals surface area contributed by atoms with Crippen LogP contribution >= 0.6 is 0 Å². The van der Waals surface area contributed by atoms with Gasteiger partial charge < -0.3 is 9.47 Å². The van der Waals surface area contributed by atoms with Crippen LogP contribution in [0.3, 0.4) is 0 Å². The Balaban J connectivity index is 2.23. The van der Waals surface area contributed by atoms with Gasteiger partial charge in [0.25, 0.3) is 0 Å². The fourth-order valence-electron chi connectivity index (χ4n) is 1.77. The summed E-state index contributed by atoms with van der Waals surface area (Å²) in [6.07, 6.45) is 2.21. The molecule has 1 saturated carbocycles. The van der Waals surface area contributed by atoms with Gasteiger partial charge in [-0.3, -0.25) is 4.79 Å². The summed E-state index contributed by atoms with van der Waals surface area (Å²) in [6, 6.07) is 0. The molecule has 0 unspecified atom stereocenters. The van der Waals surface area contributed by atoms with Crippen LogP contribution < -0.4 is 0 Å². The molecule has 1 heterocycles. The van der Waals surface area contributed by atoms with Gasteiger partial charge in [0.05, 0.1) is 13.2 Å². The van der Waals surface area contributed by atoms with Gasteiger partial charge in [0.1, 0.15) is 0 Å². The van der Waals surface area contributed by atoms with Gasteiger partial charge in [0.15, 0.2) is 11.6 Å². The van der Waals surface area contributed by atoms with Gasteiger partial charge in [0.2, 0.25) is 0 Å². The summed E-state index contributed by atoms with van der Waals surface area (Å²) in [4.78, 5) is 11.3. The Labute approximate surface area is 71.3 Å². The number of rotatable bonds is 0. The Hall–Kier alpha value is -0.670. The first-order valence-electron chi connectivity index (χ1n) is 4.25. The van der Waals surface area contributed by atoms with E-state index in [-0.39, 0.29) is 5.78 Å². The molecule has 2 fully saturated rings. The van der Waals surface area contributed by atoms with Crippen LogP contribution in [-0.4, -0.2) is 24.8 Å². The number of Topliss-reactive ketones (excluding diaryl/α,β-unsaturated/α-hetero) is 1. The molecule has 1 aliphatic heterocycles. The zero-order valence-corrected chi connectivity index (χ0v) is 6.97. The Morgan fingerprint density at radius 2 is 2.00 bits per heavy atom. The first-order chi connectivity index (χ1) is 5.75. The lowest BCUT2D eigenvalue weighted by atomic mass is 9.89. The largest absolute Gasteiger partial charge is 0.343 e. The van der Waals surface area contributed by atoms with Crippen LogP contribution in [-0.2, 0) is 14.3 Å². The second kappa shape index (κ2) is 2.68. The third kappa shape index (κ3) is 1.01. The Kier molecular flexibility index (Phi) is 1.77. The molecular formula is C9H12O3. The van der Waals surface area contributed by atoms with Crippen LogP contribution in [0.2, 0.25) is 0 Å². The molecule has 12 heavy (non-hydrogen) atoms. The van der Waals surface area contributed by atoms with Gasteiger partial charge >= 0.3 is 0 Å². The molecule has 1 aliphatic carbocycles. The summed E-state index contributed by atoms with van der Waals surface area (Å²) in [5.74, 6) is -0.654. The van der Waals surface area contributed by atoms with Gasteiger partial charge in [0, 0.05) is 18.4 Å². The van der Waals surface area contributed by atoms with E-state index in [0.29, 0.717) is 25.2 Å². The van der Waals surface area contributed by atoms with E-state index in [1.165, 1.54) is 0 Å². The van der Waals surface area contributed by atoms with E-state index in [2.05, 4.69) is 6.58 Å². The summed E-state index contributed by atoms with van der Waals surface area (Å²) in [7, 11) is 0. The molecule has 3 heteroatoms. The summed E-state index contributed by atoms with van der Waals surface area (Å²) in [6.45, 7) is 4.88. The first kappa shape index (κ1) is 7.95. The van der Waals surface area contributed by atoms with E-state index in [0.717, 1.165) is 12.8 Å². The third-order valence-electron chi connectivity index (χ3n) is 2.46. The topological polar surface area (TPSA) is 35.5 Å². The fourth-order valence-corrected chi connectivity index (χ4v) is 1.77. The minimum atomic E-state index is -0.741. The highest BCUT2D eigenvalue weighted by Gasteiger charge is 2.44. The van der Waals surface area contributed by atoms with Crippen molar-refractivity contribution in [3.05, 3.63) is 12.2 Å². The van der Waals surface area contributed by atoms with E-state index < -0.39 is 5.79 Å². The van der Waals surface area contributed by atoms with Crippen molar-refractivity contribution in [2.45, 2.75) is 25.0 Å². The number of hydrogen-bond donors (Lipinski definition) is 0. The summed E-state index contributed by atoms with van der Waals surface area (Å²) >= 11 is 0. The maximum atomic E-state index is 11.3. The van der Waals surface area contributed by atoms with Crippen LogP contribution in [0, 0.1) is 0 Å². The number of carbonyl (C=O) groups excluding carboxylic acids is 1. The monoisotopic (exact) mass is 168 g/mol. The van der Waals surface area contributed by atoms with E-state index in [1.807, 2.05) is 0 Å². The predicted molar refractivity (Wildman–Crippen MR) is 42.6 cm³/mol. The highest BCUT2D eigenvalue weighted by molar-refractivity contribution is 5.97. The molecule has 1 spiro atoms. The number of ketones is 1. The lowest BCUT2D eigenvalue weighted by Crippen LogP contribution is -2.39. The zero-order chi connectivity index (χ0) is 8.60. The van der Waals surface area contributed by atoms with Crippen molar-refractivity contribution in [1.29, 1.82) is 0 Å². The van der Waals surface area contributed by atoms with Crippen molar-refractivity contribution in [2.24, 2.45) is 0 Å². The average Bonchev–Trinajstić information content (AvgIpc) is 2.50. The summed E-state index contributed by atoms with van der Waals surface area (Å²) < 4.78 is 10.8. The van der Waals surface area contributed by atoms with Crippen molar-refractivity contribution in [3.63, 3.8) is 0 Å². The van der Waals surface area contributed by atoms with Crippen LogP contribution in [0.4, 0.5) is 0 Å². The van der Waals surface area contributed by atoms with Crippen molar-refractivity contribution < 1.29 is 14.3 Å². The van der Waals surface area contributed by atoms with Gasteiger partial charge in [-0.25, -0.2) is 0 Å². The van der Waals surface area contributed by atoms with Crippen LogP contribution in [0.15, 0.2) is 12.2 Å². The number of hydrogen-bond acceptors (Lipinski definition) is 3. The van der Waals surface area contributed by atoms with Crippen LogP contribution in [0.25, 0.3) is 0 Å². The molecule has 2 rings (SSSR count). The van der Waals surface area contributed by atoms with Gasteiger partial charge in [-0.05, 0) is 6.42 Å². The quantitative estimate of drug-likeness (QED) is 0.507. The number of ether oxygens (including phenoxy) is 2. The predicted octanol–water partition coefficient (Wildman–Crippen LogP) is 1.04. The molecule has 0 atom stereocenters. The Morgan fingerprint density at radius 3 is 2.67 bits per heavy atom. The molecule has 0 aromatic heterocycles. The van der Waals surface area contributed by atoms with Gasteiger partial charge in [-0.1, -0.05) is 6.58 Å². The molecule has 0 N–H and O–H groups in total.